The third-order valence-electron chi connectivity index (χ3n) is 8.19. The fourth-order valence-corrected chi connectivity index (χ4v) is 6.04. The van der Waals surface area contributed by atoms with Gasteiger partial charge in [0.1, 0.15) is 42.7 Å². The number of aliphatic hydroxyl groups excluding tert-OH is 6. The predicted octanol–water partition coefficient (Wildman–Crippen LogP) is -3.03. The van der Waals surface area contributed by atoms with Gasteiger partial charge in [-0.1, -0.05) is 6.92 Å². The number of methoxy groups -OCH3 is 1. The highest BCUT2D eigenvalue weighted by molar-refractivity contribution is 7.75. The molecular weight excluding hydrogens is 572 g/mol. The van der Waals surface area contributed by atoms with E-state index in [1.807, 2.05) is 0 Å². The molecule has 3 aliphatic rings. The molecule has 0 aliphatic carbocycles. The predicted molar refractivity (Wildman–Crippen MR) is 140 cm³/mol. The second-order valence-electron chi connectivity index (χ2n) is 10.7. The van der Waals surface area contributed by atoms with Crippen LogP contribution in [-0.4, -0.2) is 162 Å². The molecule has 16 heteroatoms. The van der Waals surface area contributed by atoms with Crippen molar-refractivity contribution in [2.45, 2.75) is 80.5 Å². The van der Waals surface area contributed by atoms with Gasteiger partial charge in [0.05, 0.1) is 64.6 Å². The van der Waals surface area contributed by atoms with Gasteiger partial charge >= 0.3 is 5.97 Å². The average molecular weight is 617 g/mol. The summed E-state index contributed by atoms with van der Waals surface area (Å²) in [6.45, 7) is 0.753. The molecule has 3 aliphatic heterocycles. The molecule has 0 bridgehead atoms. The van der Waals surface area contributed by atoms with Crippen LogP contribution in [0.5, 0.6) is 0 Å². The van der Waals surface area contributed by atoms with Crippen molar-refractivity contribution in [1.29, 1.82) is 0 Å². The van der Waals surface area contributed by atoms with Crippen molar-refractivity contribution < 1.29 is 73.1 Å². The largest absolute Gasteiger partial charge is 0.479 e. The number of hydrogen-bond donors (Lipinski definition) is 8. The van der Waals surface area contributed by atoms with E-state index >= 15 is 0 Å². The van der Waals surface area contributed by atoms with E-state index in [9.17, 15) is 40.5 Å². The molecule has 0 spiro atoms. The standard InChI is InChI=1S/C25H44O15S/c1-3-11-20(29)21(30)18(39-23(11)25(32)33)10-35-5-12-13(19(28)15(4-26)38-16(12)8-34-2)6-36-9-17-22(31)24(40-41)14(27)7-37-17/h11-24,26-31,41H,3-10H2,1-2H3,(H,32,33)/t11-,12?,13-,14+,15?,16+,17-,18-,19-,20+,21?,22?,23?,24-/m0/s1. The maximum atomic E-state index is 11.7. The molecule has 0 aromatic rings. The summed E-state index contributed by atoms with van der Waals surface area (Å²) in [5, 5.41) is 71.7. The SMILES string of the molecule is CC[C@@H]1C(C(=O)O)O[C@@H](COCC2[C@@H](COC)OC(CO)[C@@H](O)[C@H]2COC[C@@H]2OC[C@@H](O)[C@H](OS)C2O)C(O)[C@@H]1O. The molecule has 3 fully saturated rings. The fraction of sp³-hybridized carbons (Fsp3) is 0.960. The molecule has 0 saturated carbocycles. The van der Waals surface area contributed by atoms with Gasteiger partial charge in [-0.3, -0.25) is 0 Å². The van der Waals surface area contributed by atoms with E-state index in [2.05, 4.69) is 12.9 Å². The third-order valence-corrected chi connectivity index (χ3v) is 8.43. The summed E-state index contributed by atoms with van der Waals surface area (Å²) in [6.07, 6.45) is -11.7. The maximum Gasteiger partial charge on any atom is 0.333 e. The van der Waals surface area contributed by atoms with Crippen molar-refractivity contribution in [2.75, 3.05) is 53.4 Å². The summed E-state index contributed by atoms with van der Waals surface area (Å²) >= 11 is 3.70. The first-order valence-corrected chi connectivity index (χ1v) is 14.1. The summed E-state index contributed by atoms with van der Waals surface area (Å²) in [4.78, 5) is 11.7. The Morgan fingerprint density at radius 3 is 2.05 bits per heavy atom. The Bertz CT molecular complexity index is 794. The number of thiol groups is 1. The molecule has 14 atom stereocenters. The van der Waals surface area contributed by atoms with Crippen molar-refractivity contribution >= 4 is 18.9 Å². The molecule has 15 nitrogen and oxygen atoms in total. The van der Waals surface area contributed by atoms with Crippen LogP contribution in [0.3, 0.4) is 0 Å². The number of carbonyl (C=O) groups is 1. The highest BCUT2D eigenvalue weighted by Gasteiger charge is 2.48. The van der Waals surface area contributed by atoms with Crippen LogP contribution in [0.2, 0.25) is 0 Å². The summed E-state index contributed by atoms with van der Waals surface area (Å²) in [5.74, 6) is -3.24. The van der Waals surface area contributed by atoms with Crippen LogP contribution in [0.25, 0.3) is 0 Å². The first-order valence-electron chi connectivity index (χ1n) is 13.7. The molecule has 3 saturated heterocycles. The molecule has 0 aromatic heterocycles. The Morgan fingerprint density at radius 2 is 1.46 bits per heavy atom. The van der Waals surface area contributed by atoms with E-state index in [1.54, 1.807) is 6.92 Å². The molecule has 7 N–H and O–H groups in total. The van der Waals surface area contributed by atoms with Gasteiger partial charge in [-0.05, 0) is 19.3 Å². The molecular formula is C25H44O15S. The lowest BCUT2D eigenvalue weighted by Gasteiger charge is -2.45. The monoisotopic (exact) mass is 616 g/mol. The highest BCUT2D eigenvalue weighted by Crippen LogP contribution is 2.34. The first-order chi connectivity index (χ1) is 19.6. The second-order valence-corrected chi connectivity index (χ2v) is 10.9. The van der Waals surface area contributed by atoms with E-state index < -0.39 is 97.5 Å². The highest BCUT2D eigenvalue weighted by atomic mass is 32.1. The summed E-state index contributed by atoms with van der Waals surface area (Å²) < 4.78 is 38.7. The molecule has 240 valence electrons. The van der Waals surface area contributed by atoms with Crippen molar-refractivity contribution in [1.82, 2.24) is 0 Å². The molecule has 0 aromatic carbocycles. The molecule has 41 heavy (non-hydrogen) atoms. The van der Waals surface area contributed by atoms with Crippen molar-refractivity contribution in [3.05, 3.63) is 0 Å². The minimum absolute atomic E-state index is 0.0564. The van der Waals surface area contributed by atoms with Crippen LogP contribution in [0, 0.1) is 17.8 Å². The van der Waals surface area contributed by atoms with Crippen LogP contribution in [0.1, 0.15) is 13.3 Å². The fourth-order valence-electron chi connectivity index (χ4n) is 5.77. The van der Waals surface area contributed by atoms with Gasteiger partial charge in [-0.2, -0.15) is 0 Å². The zero-order valence-electron chi connectivity index (χ0n) is 23.1. The minimum Gasteiger partial charge on any atom is -0.479 e. The average Bonchev–Trinajstić information content (AvgIpc) is 2.94. The van der Waals surface area contributed by atoms with Crippen molar-refractivity contribution in [2.24, 2.45) is 17.8 Å². The molecule has 5 unspecified atom stereocenters. The van der Waals surface area contributed by atoms with E-state index in [4.69, 9.17) is 32.6 Å². The number of rotatable bonds is 14. The van der Waals surface area contributed by atoms with Crippen LogP contribution in [-0.2, 0) is 37.4 Å². The summed E-state index contributed by atoms with van der Waals surface area (Å²) in [6, 6.07) is 0. The Hall–Kier alpha value is -0.700. The summed E-state index contributed by atoms with van der Waals surface area (Å²) in [7, 11) is 1.46. The van der Waals surface area contributed by atoms with Crippen LogP contribution in [0.4, 0.5) is 0 Å². The molecule has 3 heterocycles. The lowest BCUT2D eigenvalue weighted by Crippen LogP contribution is -2.58. The Balaban J connectivity index is 1.66. The van der Waals surface area contributed by atoms with E-state index in [-0.39, 0.29) is 46.1 Å². The number of ether oxygens (including phenoxy) is 6. The van der Waals surface area contributed by atoms with Gasteiger partial charge in [-0.25, -0.2) is 4.79 Å². The molecule has 0 radical (unpaired) electrons. The van der Waals surface area contributed by atoms with Crippen molar-refractivity contribution in [3.8, 4) is 0 Å². The number of aliphatic hydroxyl groups is 6. The van der Waals surface area contributed by atoms with E-state index in [0.717, 1.165) is 0 Å². The number of hydrogen-bond acceptors (Lipinski definition) is 15. The second kappa shape index (κ2) is 16.4. The number of carboxylic acid groups (broad SMARTS) is 1. The van der Waals surface area contributed by atoms with Gasteiger partial charge in [0.15, 0.2) is 6.10 Å². The smallest absolute Gasteiger partial charge is 0.333 e. The minimum atomic E-state index is -1.37. The van der Waals surface area contributed by atoms with Gasteiger partial charge in [-0.15, -0.1) is 0 Å². The van der Waals surface area contributed by atoms with Gasteiger partial charge in [0, 0.05) is 24.9 Å². The van der Waals surface area contributed by atoms with E-state index in [1.165, 1.54) is 7.11 Å². The van der Waals surface area contributed by atoms with Crippen LogP contribution >= 0.6 is 12.9 Å². The zero-order chi connectivity index (χ0) is 30.3. The van der Waals surface area contributed by atoms with Gasteiger partial charge < -0.3 is 68.3 Å². The number of carboxylic acids is 1. The number of aliphatic carboxylic acids is 1. The zero-order valence-corrected chi connectivity index (χ0v) is 24.0. The van der Waals surface area contributed by atoms with E-state index in [0.29, 0.717) is 0 Å². The lowest BCUT2D eigenvalue weighted by atomic mass is 9.79. The summed E-state index contributed by atoms with van der Waals surface area (Å²) in [5.41, 5.74) is 0. The van der Waals surface area contributed by atoms with Crippen LogP contribution in [0.15, 0.2) is 0 Å². The first kappa shape index (κ1) is 34.8. The van der Waals surface area contributed by atoms with Gasteiger partial charge in [0.25, 0.3) is 0 Å². The topological polar surface area (TPSA) is 223 Å². The quantitative estimate of drug-likeness (QED) is 0.0718. The Kier molecular flexibility index (Phi) is 13.9. The Labute approximate surface area is 243 Å². The normalized spacial score (nSPS) is 43.6. The lowest BCUT2D eigenvalue weighted by molar-refractivity contribution is -0.235. The third kappa shape index (κ3) is 8.27. The molecule has 0 amide bonds. The Morgan fingerprint density at radius 1 is 0.805 bits per heavy atom. The molecule has 3 rings (SSSR count). The van der Waals surface area contributed by atoms with Crippen LogP contribution < -0.4 is 0 Å². The maximum absolute atomic E-state index is 11.7. The van der Waals surface area contributed by atoms with Crippen molar-refractivity contribution in [3.63, 3.8) is 0 Å². The van der Waals surface area contributed by atoms with Gasteiger partial charge in [0.2, 0.25) is 0 Å².